The molecule has 0 radical (unpaired) electrons. The van der Waals surface area contributed by atoms with E-state index in [1.165, 1.54) is 0 Å². The van der Waals surface area contributed by atoms with Crippen molar-refractivity contribution in [3.05, 3.63) is 30.1 Å². The van der Waals surface area contributed by atoms with E-state index in [0.29, 0.717) is 6.61 Å². The van der Waals surface area contributed by atoms with Crippen LogP contribution in [0, 0.1) is 0 Å². The molecule has 1 unspecified atom stereocenters. The second-order valence-electron chi connectivity index (χ2n) is 3.04. The molecule has 1 N–H and O–H groups in total. The fraction of sp³-hybridized carbons (Fsp3) is 0.500. The van der Waals surface area contributed by atoms with Crippen molar-refractivity contribution in [3.8, 4) is 0 Å². The SMILES string of the molecule is COCC(Cl)CNCc1cccnc1. The molecule has 0 bridgehead atoms. The minimum Gasteiger partial charge on any atom is -0.383 e. The first kappa shape index (κ1) is 11.4. The molecule has 1 aromatic rings. The van der Waals surface area contributed by atoms with Gasteiger partial charge in [-0.1, -0.05) is 6.07 Å². The smallest absolute Gasteiger partial charge is 0.0694 e. The average molecular weight is 215 g/mol. The number of methoxy groups -OCH3 is 1. The summed E-state index contributed by atoms with van der Waals surface area (Å²) in [5, 5.41) is 3.26. The topological polar surface area (TPSA) is 34.1 Å². The van der Waals surface area contributed by atoms with Crippen LogP contribution in [0.1, 0.15) is 5.56 Å². The summed E-state index contributed by atoms with van der Waals surface area (Å²) in [5.41, 5.74) is 1.16. The molecule has 0 saturated heterocycles. The van der Waals surface area contributed by atoms with E-state index in [1.54, 1.807) is 13.3 Å². The highest BCUT2D eigenvalue weighted by molar-refractivity contribution is 6.20. The summed E-state index contributed by atoms with van der Waals surface area (Å²) in [6.07, 6.45) is 3.60. The van der Waals surface area contributed by atoms with Gasteiger partial charge in [0.25, 0.3) is 0 Å². The van der Waals surface area contributed by atoms with E-state index in [-0.39, 0.29) is 5.38 Å². The van der Waals surface area contributed by atoms with Gasteiger partial charge >= 0.3 is 0 Å². The molecule has 0 saturated carbocycles. The van der Waals surface area contributed by atoms with E-state index in [9.17, 15) is 0 Å². The van der Waals surface area contributed by atoms with Gasteiger partial charge in [0.05, 0.1) is 12.0 Å². The lowest BCUT2D eigenvalue weighted by atomic mass is 10.3. The standard InChI is InChI=1S/C10H15ClN2O/c1-14-8-10(11)7-13-6-9-3-2-4-12-5-9/h2-5,10,13H,6-8H2,1H3. The van der Waals surface area contributed by atoms with E-state index in [4.69, 9.17) is 16.3 Å². The van der Waals surface area contributed by atoms with Gasteiger partial charge in [-0.2, -0.15) is 0 Å². The highest BCUT2D eigenvalue weighted by Gasteiger charge is 2.02. The van der Waals surface area contributed by atoms with Crippen LogP contribution in [0.4, 0.5) is 0 Å². The summed E-state index contributed by atoms with van der Waals surface area (Å²) < 4.78 is 4.92. The van der Waals surface area contributed by atoms with Crippen LogP contribution >= 0.6 is 11.6 Å². The third-order valence-electron chi connectivity index (χ3n) is 1.77. The molecule has 4 heteroatoms. The summed E-state index contributed by atoms with van der Waals surface area (Å²) >= 11 is 5.94. The lowest BCUT2D eigenvalue weighted by Crippen LogP contribution is -2.25. The Hall–Kier alpha value is -0.640. The van der Waals surface area contributed by atoms with Crippen molar-refractivity contribution in [2.45, 2.75) is 11.9 Å². The van der Waals surface area contributed by atoms with Gasteiger partial charge in [-0.15, -0.1) is 11.6 Å². The molecule has 3 nitrogen and oxygen atoms in total. The van der Waals surface area contributed by atoms with Gasteiger partial charge in [0, 0.05) is 32.6 Å². The van der Waals surface area contributed by atoms with E-state index in [0.717, 1.165) is 18.7 Å². The predicted molar refractivity (Wildman–Crippen MR) is 57.5 cm³/mol. The van der Waals surface area contributed by atoms with E-state index < -0.39 is 0 Å². The Kier molecular flexibility index (Phi) is 5.52. The second-order valence-corrected chi connectivity index (χ2v) is 3.66. The Morgan fingerprint density at radius 2 is 2.50 bits per heavy atom. The first-order valence-corrected chi connectivity index (χ1v) is 4.99. The largest absolute Gasteiger partial charge is 0.383 e. The van der Waals surface area contributed by atoms with Gasteiger partial charge in [-0.25, -0.2) is 0 Å². The van der Waals surface area contributed by atoms with Gasteiger partial charge in [0.2, 0.25) is 0 Å². The quantitative estimate of drug-likeness (QED) is 0.728. The summed E-state index contributed by atoms with van der Waals surface area (Å²) in [5.74, 6) is 0. The predicted octanol–water partition coefficient (Wildman–Crippen LogP) is 1.43. The average Bonchev–Trinajstić information content (AvgIpc) is 2.20. The number of hydrogen-bond acceptors (Lipinski definition) is 3. The van der Waals surface area contributed by atoms with Gasteiger partial charge in [-0.3, -0.25) is 4.98 Å². The highest BCUT2D eigenvalue weighted by atomic mass is 35.5. The van der Waals surface area contributed by atoms with Crippen LogP contribution in [0.15, 0.2) is 24.5 Å². The van der Waals surface area contributed by atoms with Crippen LogP contribution < -0.4 is 5.32 Å². The van der Waals surface area contributed by atoms with E-state index in [2.05, 4.69) is 10.3 Å². The number of alkyl halides is 1. The number of aromatic nitrogens is 1. The van der Waals surface area contributed by atoms with Crippen molar-refractivity contribution in [3.63, 3.8) is 0 Å². The fourth-order valence-electron chi connectivity index (χ4n) is 1.12. The van der Waals surface area contributed by atoms with Crippen molar-refractivity contribution in [2.24, 2.45) is 0 Å². The molecule has 0 fully saturated rings. The van der Waals surface area contributed by atoms with Crippen molar-refractivity contribution in [1.29, 1.82) is 0 Å². The Labute approximate surface area is 89.4 Å². The second kappa shape index (κ2) is 6.76. The number of nitrogens with one attached hydrogen (secondary N) is 1. The maximum atomic E-state index is 5.94. The van der Waals surface area contributed by atoms with Crippen molar-refractivity contribution >= 4 is 11.6 Å². The fourth-order valence-corrected chi connectivity index (χ4v) is 1.35. The number of hydrogen-bond donors (Lipinski definition) is 1. The van der Waals surface area contributed by atoms with Gasteiger partial charge < -0.3 is 10.1 Å². The van der Waals surface area contributed by atoms with Gasteiger partial charge in [0.15, 0.2) is 0 Å². The minimum absolute atomic E-state index is 0.0247. The van der Waals surface area contributed by atoms with Crippen LogP contribution in [-0.2, 0) is 11.3 Å². The van der Waals surface area contributed by atoms with Crippen LogP contribution in [0.2, 0.25) is 0 Å². The summed E-state index contributed by atoms with van der Waals surface area (Å²) in [7, 11) is 1.65. The van der Waals surface area contributed by atoms with E-state index >= 15 is 0 Å². The zero-order valence-electron chi connectivity index (χ0n) is 8.24. The molecule has 0 aliphatic rings. The Morgan fingerprint density at radius 1 is 1.64 bits per heavy atom. The summed E-state index contributed by atoms with van der Waals surface area (Å²) in [6.45, 7) is 2.10. The Balaban J connectivity index is 2.16. The number of rotatable bonds is 6. The molecule has 0 aromatic carbocycles. The number of halogens is 1. The lowest BCUT2D eigenvalue weighted by Gasteiger charge is -2.09. The molecule has 0 aliphatic carbocycles. The third-order valence-corrected chi connectivity index (χ3v) is 2.05. The molecule has 0 amide bonds. The molecule has 1 heterocycles. The number of nitrogens with zero attached hydrogens (tertiary/aromatic N) is 1. The van der Waals surface area contributed by atoms with Crippen LogP contribution in [0.5, 0.6) is 0 Å². The zero-order chi connectivity index (χ0) is 10.2. The zero-order valence-corrected chi connectivity index (χ0v) is 9.00. The number of ether oxygens (including phenoxy) is 1. The third kappa shape index (κ3) is 4.56. The first-order valence-electron chi connectivity index (χ1n) is 4.55. The van der Waals surface area contributed by atoms with Gasteiger partial charge in [0.1, 0.15) is 0 Å². The van der Waals surface area contributed by atoms with Gasteiger partial charge in [-0.05, 0) is 11.6 Å². The summed E-state index contributed by atoms with van der Waals surface area (Å²) in [4.78, 5) is 4.02. The molecule has 1 aromatic heterocycles. The monoisotopic (exact) mass is 214 g/mol. The van der Waals surface area contributed by atoms with Crippen molar-refractivity contribution < 1.29 is 4.74 Å². The maximum Gasteiger partial charge on any atom is 0.0694 e. The van der Waals surface area contributed by atoms with E-state index in [1.807, 2.05) is 18.3 Å². The highest BCUT2D eigenvalue weighted by Crippen LogP contribution is 1.97. The van der Waals surface area contributed by atoms with Crippen molar-refractivity contribution in [1.82, 2.24) is 10.3 Å². The van der Waals surface area contributed by atoms with Crippen LogP contribution in [-0.4, -0.2) is 30.6 Å². The molecule has 1 atom stereocenters. The molecule has 14 heavy (non-hydrogen) atoms. The minimum atomic E-state index is 0.0247. The summed E-state index contributed by atoms with van der Waals surface area (Å²) in [6, 6.07) is 3.95. The molecular formula is C10H15ClN2O. The van der Waals surface area contributed by atoms with Crippen LogP contribution in [0.3, 0.4) is 0 Å². The molecule has 1 rings (SSSR count). The van der Waals surface area contributed by atoms with Crippen molar-refractivity contribution in [2.75, 3.05) is 20.3 Å². The molecule has 0 aliphatic heterocycles. The Bertz CT molecular complexity index is 243. The Morgan fingerprint density at radius 3 is 3.14 bits per heavy atom. The molecule has 0 spiro atoms. The van der Waals surface area contributed by atoms with Crippen LogP contribution in [0.25, 0.3) is 0 Å². The normalized spacial score (nSPS) is 12.7. The lowest BCUT2D eigenvalue weighted by molar-refractivity contribution is 0.197. The maximum absolute atomic E-state index is 5.94. The number of pyridine rings is 1. The molecular weight excluding hydrogens is 200 g/mol. The first-order chi connectivity index (χ1) is 6.83. The molecule has 78 valence electrons.